The number of amides is 1. The van der Waals surface area contributed by atoms with Gasteiger partial charge in [-0.05, 0) is 12.1 Å². The molecule has 2 aromatic rings. The lowest BCUT2D eigenvalue weighted by atomic mass is 10.1. The Morgan fingerprint density at radius 1 is 1.43 bits per heavy atom. The molecule has 0 N–H and O–H groups in total. The molecule has 0 aliphatic carbocycles. The number of fused-ring (bicyclic) bond motifs is 1. The lowest BCUT2D eigenvalue weighted by Gasteiger charge is -2.24. The standard InChI is InChI=1S/C15H20N4O2/c1-17(2)15(20)13-8-18(7-12-4-6-21-11-12)10-14-3-5-16-19(14)9-13/h3-6,11,13H,7-10H2,1-2H3/t13-/m0/s1. The normalized spacial score (nSPS) is 19.0. The van der Waals surface area contributed by atoms with Gasteiger partial charge in [0.15, 0.2) is 0 Å². The predicted molar refractivity (Wildman–Crippen MR) is 77.2 cm³/mol. The van der Waals surface area contributed by atoms with Crippen LogP contribution in [0.4, 0.5) is 0 Å². The Morgan fingerprint density at radius 2 is 2.29 bits per heavy atom. The molecule has 1 atom stereocenters. The maximum absolute atomic E-state index is 12.4. The molecule has 6 heteroatoms. The summed E-state index contributed by atoms with van der Waals surface area (Å²) < 4.78 is 7.08. The first-order valence-corrected chi connectivity index (χ1v) is 7.09. The molecule has 1 aliphatic heterocycles. The lowest BCUT2D eigenvalue weighted by molar-refractivity contribution is -0.134. The fourth-order valence-electron chi connectivity index (χ4n) is 2.81. The van der Waals surface area contributed by atoms with Crippen LogP contribution in [0.1, 0.15) is 11.3 Å². The second kappa shape index (κ2) is 5.73. The number of hydrogen-bond acceptors (Lipinski definition) is 4. The molecule has 1 amide bonds. The van der Waals surface area contributed by atoms with Crippen molar-refractivity contribution in [3.63, 3.8) is 0 Å². The minimum absolute atomic E-state index is 0.0759. The molecule has 0 saturated carbocycles. The first-order chi connectivity index (χ1) is 10.1. The third kappa shape index (κ3) is 3.00. The number of aromatic nitrogens is 2. The van der Waals surface area contributed by atoms with Crippen LogP contribution in [0.5, 0.6) is 0 Å². The third-order valence-corrected chi connectivity index (χ3v) is 3.84. The predicted octanol–water partition coefficient (Wildman–Crippen LogP) is 1.20. The Morgan fingerprint density at radius 3 is 3.00 bits per heavy atom. The Bertz CT molecular complexity index is 603. The van der Waals surface area contributed by atoms with E-state index in [4.69, 9.17) is 4.42 Å². The summed E-state index contributed by atoms with van der Waals surface area (Å²) in [5, 5.41) is 4.34. The van der Waals surface area contributed by atoms with Crippen LogP contribution in [0.3, 0.4) is 0 Å². The van der Waals surface area contributed by atoms with Gasteiger partial charge in [0.1, 0.15) is 0 Å². The van der Waals surface area contributed by atoms with Gasteiger partial charge in [0, 0.05) is 45.5 Å². The van der Waals surface area contributed by atoms with E-state index in [0.29, 0.717) is 6.54 Å². The molecule has 3 heterocycles. The lowest BCUT2D eigenvalue weighted by Crippen LogP contribution is -2.38. The maximum atomic E-state index is 12.4. The highest BCUT2D eigenvalue weighted by molar-refractivity contribution is 5.78. The molecule has 0 saturated heterocycles. The molecular formula is C15H20N4O2. The van der Waals surface area contributed by atoms with Crippen molar-refractivity contribution in [2.45, 2.75) is 19.6 Å². The van der Waals surface area contributed by atoms with Crippen molar-refractivity contribution in [2.24, 2.45) is 5.92 Å². The van der Waals surface area contributed by atoms with Gasteiger partial charge in [-0.15, -0.1) is 0 Å². The molecular weight excluding hydrogens is 268 g/mol. The van der Waals surface area contributed by atoms with Crippen molar-refractivity contribution in [1.29, 1.82) is 0 Å². The SMILES string of the molecule is CN(C)C(=O)[C@H]1CN(Cc2ccoc2)Cc2ccnn2C1. The van der Waals surface area contributed by atoms with Crippen LogP contribution in [0.2, 0.25) is 0 Å². The third-order valence-electron chi connectivity index (χ3n) is 3.84. The van der Waals surface area contributed by atoms with Crippen molar-refractivity contribution in [3.05, 3.63) is 42.1 Å². The summed E-state index contributed by atoms with van der Waals surface area (Å²) in [5.74, 6) is 0.0728. The van der Waals surface area contributed by atoms with E-state index in [1.54, 1.807) is 37.7 Å². The van der Waals surface area contributed by atoms with Crippen LogP contribution in [0.15, 0.2) is 35.3 Å². The van der Waals surface area contributed by atoms with Gasteiger partial charge >= 0.3 is 0 Å². The second-order valence-corrected chi connectivity index (χ2v) is 5.74. The Balaban J connectivity index is 1.82. The van der Waals surface area contributed by atoms with E-state index in [-0.39, 0.29) is 11.8 Å². The summed E-state index contributed by atoms with van der Waals surface area (Å²) in [5.41, 5.74) is 2.27. The fraction of sp³-hybridized carbons (Fsp3) is 0.467. The quantitative estimate of drug-likeness (QED) is 0.851. The minimum Gasteiger partial charge on any atom is -0.472 e. The molecule has 0 bridgehead atoms. The van der Waals surface area contributed by atoms with E-state index in [9.17, 15) is 4.79 Å². The monoisotopic (exact) mass is 288 g/mol. The largest absolute Gasteiger partial charge is 0.472 e. The molecule has 0 aromatic carbocycles. The van der Waals surface area contributed by atoms with Crippen LogP contribution >= 0.6 is 0 Å². The summed E-state index contributed by atoms with van der Waals surface area (Å²) in [6.45, 7) is 2.94. The highest BCUT2D eigenvalue weighted by Crippen LogP contribution is 2.19. The van der Waals surface area contributed by atoms with E-state index >= 15 is 0 Å². The Kier molecular flexibility index (Phi) is 3.79. The van der Waals surface area contributed by atoms with E-state index < -0.39 is 0 Å². The molecule has 21 heavy (non-hydrogen) atoms. The number of nitrogens with zero attached hydrogens (tertiary/aromatic N) is 4. The summed E-state index contributed by atoms with van der Waals surface area (Å²) in [7, 11) is 3.61. The zero-order valence-electron chi connectivity index (χ0n) is 12.4. The molecule has 0 spiro atoms. The van der Waals surface area contributed by atoms with Crippen molar-refractivity contribution in [1.82, 2.24) is 19.6 Å². The molecule has 0 fully saturated rings. The fourth-order valence-corrected chi connectivity index (χ4v) is 2.81. The molecule has 2 aromatic heterocycles. The zero-order valence-corrected chi connectivity index (χ0v) is 12.4. The first-order valence-electron chi connectivity index (χ1n) is 7.09. The highest BCUT2D eigenvalue weighted by Gasteiger charge is 2.28. The Hall–Kier alpha value is -2.08. The Labute approximate surface area is 123 Å². The second-order valence-electron chi connectivity index (χ2n) is 5.74. The van der Waals surface area contributed by atoms with Crippen molar-refractivity contribution in [3.8, 4) is 0 Å². The van der Waals surface area contributed by atoms with Crippen LogP contribution in [0.25, 0.3) is 0 Å². The topological polar surface area (TPSA) is 54.5 Å². The number of rotatable bonds is 3. The summed E-state index contributed by atoms with van der Waals surface area (Å²) >= 11 is 0. The maximum Gasteiger partial charge on any atom is 0.228 e. The van der Waals surface area contributed by atoms with Crippen molar-refractivity contribution in [2.75, 3.05) is 20.6 Å². The molecule has 112 valence electrons. The van der Waals surface area contributed by atoms with Crippen molar-refractivity contribution < 1.29 is 9.21 Å². The first kappa shape index (κ1) is 13.9. The van der Waals surface area contributed by atoms with Crippen molar-refractivity contribution >= 4 is 5.91 Å². The number of carbonyl (C=O) groups excluding carboxylic acids is 1. The van der Waals surface area contributed by atoms with Gasteiger partial charge in [0.05, 0.1) is 30.7 Å². The van der Waals surface area contributed by atoms with Crippen LogP contribution in [0, 0.1) is 5.92 Å². The summed E-state index contributed by atoms with van der Waals surface area (Å²) in [6.07, 6.45) is 5.23. The molecule has 6 nitrogen and oxygen atoms in total. The van der Waals surface area contributed by atoms with Crippen LogP contribution in [-0.4, -0.2) is 46.1 Å². The number of furan rings is 1. The molecule has 1 aliphatic rings. The summed E-state index contributed by atoms with van der Waals surface area (Å²) in [4.78, 5) is 16.3. The van der Waals surface area contributed by atoms with E-state index in [0.717, 1.165) is 30.9 Å². The zero-order chi connectivity index (χ0) is 14.8. The van der Waals surface area contributed by atoms with E-state index in [1.165, 1.54) is 0 Å². The average Bonchev–Trinajstić information content (AvgIpc) is 3.07. The molecule has 0 unspecified atom stereocenters. The minimum atomic E-state index is -0.0759. The number of carbonyl (C=O) groups is 1. The van der Waals surface area contributed by atoms with Crippen LogP contribution < -0.4 is 0 Å². The van der Waals surface area contributed by atoms with Crippen LogP contribution in [-0.2, 0) is 24.4 Å². The van der Waals surface area contributed by atoms with E-state index in [1.807, 2.05) is 16.8 Å². The van der Waals surface area contributed by atoms with Gasteiger partial charge < -0.3 is 9.32 Å². The van der Waals surface area contributed by atoms with Gasteiger partial charge in [-0.25, -0.2) is 0 Å². The van der Waals surface area contributed by atoms with Gasteiger partial charge in [0.2, 0.25) is 5.91 Å². The molecule has 3 rings (SSSR count). The smallest absolute Gasteiger partial charge is 0.228 e. The number of hydrogen-bond donors (Lipinski definition) is 0. The van der Waals surface area contributed by atoms with Gasteiger partial charge in [-0.2, -0.15) is 5.10 Å². The summed E-state index contributed by atoms with van der Waals surface area (Å²) in [6, 6.07) is 3.98. The van der Waals surface area contributed by atoms with E-state index in [2.05, 4.69) is 10.00 Å². The average molecular weight is 288 g/mol. The molecule has 0 radical (unpaired) electrons. The van der Waals surface area contributed by atoms with Gasteiger partial charge in [-0.3, -0.25) is 14.4 Å². The van der Waals surface area contributed by atoms with Gasteiger partial charge in [0.25, 0.3) is 0 Å². The van der Waals surface area contributed by atoms with Gasteiger partial charge in [-0.1, -0.05) is 0 Å². The highest BCUT2D eigenvalue weighted by atomic mass is 16.3.